The second-order valence-electron chi connectivity index (χ2n) is 4.93. The average molecular weight is 284 g/mol. The van der Waals surface area contributed by atoms with Crippen LogP contribution in [0.2, 0.25) is 0 Å². The van der Waals surface area contributed by atoms with E-state index in [4.69, 9.17) is 9.47 Å². The van der Waals surface area contributed by atoms with E-state index in [-0.39, 0.29) is 11.3 Å². The average Bonchev–Trinajstić information content (AvgIpc) is 2.34. The van der Waals surface area contributed by atoms with E-state index in [9.17, 15) is 14.0 Å². The minimum absolute atomic E-state index is 0.0603. The fraction of sp³-hybridized carbons (Fsp3) is 0.385. The molecule has 2 N–H and O–H groups in total. The topological polar surface area (TPSA) is 76.7 Å². The van der Waals surface area contributed by atoms with Gasteiger partial charge in [0.25, 0.3) is 5.91 Å². The Morgan fingerprint density at radius 3 is 2.40 bits per heavy atom. The lowest BCUT2D eigenvalue weighted by molar-refractivity contribution is 0.0483. The Hall–Kier alpha value is -2.31. The molecule has 0 heterocycles. The molecule has 0 unspecified atom stereocenters. The van der Waals surface area contributed by atoms with Crippen molar-refractivity contribution in [2.24, 2.45) is 0 Å². The van der Waals surface area contributed by atoms with Crippen molar-refractivity contribution in [2.45, 2.75) is 26.4 Å². The fourth-order valence-electron chi connectivity index (χ4n) is 1.28. The van der Waals surface area contributed by atoms with Gasteiger partial charge in [0.1, 0.15) is 5.60 Å². The first-order valence-electron chi connectivity index (χ1n) is 5.86. The quantitative estimate of drug-likeness (QED) is 0.814. The van der Waals surface area contributed by atoms with Gasteiger partial charge in [-0.15, -0.1) is 0 Å². The Morgan fingerprint density at radius 1 is 1.20 bits per heavy atom. The van der Waals surface area contributed by atoms with E-state index >= 15 is 0 Å². The Kier molecular flexibility index (Phi) is 4.90. The van der Waals surface area contributed by atoms with Gasteiger partial charge in [0.05, 0.1) is 7.11 Å². The summed E-state index contributed by atoms with van der Waals surface area (Å²) in [5.41, 5.74) is 3.71. The maximum Gasteiger partial charge on any atom is 0.426 e. The van der Waals surface area contributed by atoms with Crippen LogP contribution in [0.3, 0.4) is 0 Å². The minimum Gasteiger partial charge on any atom is -0.494 e. The number of nitrogens with one attached hydrogen (secondary N) is 2. The summed E-state index contributed by atoms with van der Waals surface area (Å²) in [6.45, 7) is 5.08. The molecule has 0 fully saturated rings. The fourth-order valence-corrected chi connectivity index (χ4v) is 1.28. The molecule has 0 radical (unpaired) electrons. The highest BCUT2D eigenvalue weighted by Crippen LogP contribution is 2.17. The van der Waals surface area contributed by atoms with E-state index in [0.717, 1.165) is 6.07 Å². The molecule has 110 valence electrons. The SMILES string of the molecule is COc1cc(C(=O)NNC(=O)OC(C)(C)C)ccc1F. The van der Waals surface area contributed by atoms with Crippen molar-refractivity contribution in [3.63, 3.8) is 0 Å². The van der Waals surface area contributed by atoms with E-state index in [1.54, 1.807) is 20.8 Å². The largest absolute Gasteiger partial charge is 0.494 e. The van der Waals surface area contributed by atoms with Gasteiger partial charge in [-0.25, -0.2) is 14.6 Å². The number of hydrogen-bond acceptors (Lipinski definition) is 4. The molecule has 0 aliphatic heterocycles. The van der Waals surface area contributed by atoms with Crippen molar-refractivity contribution in [3.05, 3.63) is 29.6 Å². The molecule has 0 saturated heterocycles. The molecule has 0 saturated carbocycles. The van der Waals surface area contributed by atoms with Crippen molar-refractivity contribution in [2.75, 3.05) is 7.11 Å². The van der Waals surface area contributed by atoms with Crippen LogP contribution in [0.4, 0.5) is 9.18 Å². The van der Waals surface area contributed by atoms with Gasteiger partial charge < -0.3 is 9.47 Å². The molecule has 1 aromatic rings. The van der Waals surface area contributed by atoms with Crippen molar-refractivity contribution < 1.29 is 23.5 Å². The molecular weight excluding hydrogens is 267 g/mol. The van der Waals surface area contributed by atoms with Crippen LogP contribution in [-0.4, -0.2) is 24.7 Å². The van der Waals surface area contributed by atoms with Gasteiger partial charge in [-0.2, -0.15) is 0 Å². The lowest BCUT2D eigenvalue weighted by atomic mass is 10.2. The number of amides is 2. The molecule has 1 aromatic carbocycles. The Labute approximate surface area is 116 Å². The predicted molar refractivity (Wildman–Crippen MR) is 69.8 cm³/mol. The van der Waals surface area contributed by atoms with Crippen LogP contribution < -0.4 is 15.6 Å². The summed E-state index contributed by atoms with van der Waals surface area (Å²) in [4.78, 5) is 23.1. The molecule has 0 aromatic heterocycles. The van der Waals surface area contributed by atoms with Gasteiger partial charge in [-0.05, 0) is 39.0 Å². The molecule has 6 nitrogen and oxygen atoms in total. The number of hydrazine groups is 1. The summed E-state index contributed by atoms with van der Waals surface area (Å²) in [6, 6.07) is 3.59. The predicted octanol–water partition coefficient (Wildman–Crippen LogP) is 2.00. The van der Waals surface area contributed by atoms with E-state index in [2.05, 4.69) is 10.9 Å². The summed E-state index contributed by atoms with van der Waals surface area (Å²) in [5.74, 6) is -1.26. The first kappa shape index (κ1) is 15.7. The van der Waals surface area contributed by atoms with E-state index < -0.39 is 23.4 Å². The zero-order chi connectivity index (χ0) is 15.3. The molecule has 0 aliphatic carbocycles. The van der Waals surface area contributed by atoms with Gasteiger partial charge >= 0.3 is 6.09 Å². The first-order valence-corrected chi connectivity index (χ1v) is 5.86. The number of carbonyl (C=O) groups excluding carboxylic acids is 2. The summed E-state index contributed by atoms with van der Waals surface area (Å²) in [7, 11) is 1.29. The molecular formula is C13H17FN2O4. The van der Waals surface area contributed by atoms with Crippen LogP contribution in [-0.2, 0) is 4.74 Å². The molecule has 7 heteroatoms. The molecule has 0 atom stereocenters. The van der Waals surface area contributed by atoms with Crippen molar-refractivity contribution in [3.8, 4) is 5.75 Å². The van der Waals surface area contributed by atoms with Crippen LogP contribution in [0.1, 0.15) is 31.1 Å². The number of ether oxygens (including phenoxy) is 2. The Balaban J connectivity index is 2.61. The summed E-state index contributed by atoms with van der Waals surface area (Å²) in [5, 5.41) is 0. The number of halogens is 1. The zero-order valence-electron chi connectivity index (χ0n) is 11.7. The van der Waals surface area contributed by atoms with Crippen molar-refractivity contribution >= 4 is 12.0 Å². The van der Waals surface area contributed by atoms with Crippen LogP contribution in [0.5, 0.6) is 5.75 Å². The molecule has 0 bridgehead atoms. The lowest BCUT2D eigenvalue weighted by Crippen LogP contribution is -2.44. The second kappa shape index (κ2) is 6.23. The van der Waals surface area contributed by atoms with Gasteiger partial charge in [0.2, 0.25) is 0 Å². The summed E-state index contributed by atoms with van der Waals surface area (Å²) >= 11 is 0. The van der Waals surface area contributed by atoms with Gasteiger partial charge in [0, 0.05) is 5.56 Å². The Morgan fingerprint density at radius 2 is 1.85 bits per heavy atom. The molecule has 1 rings (SSSR count). The Bertz CT molecular complexity index is 512. The molecule has 2 amide bonds. The maximum atomic E-state index is 13.2. The number of hydrogen-bond donors (Lipinski definition) is 2. The third-order valence-electron chi connectivity index (χ3n) is 2.09. The monoisotopic (exact) mass is 284 g/mol. The highest BCUT2D eigenvalue weighted by Gasteiger charge is 2.17. The summed E-state index contributed by atoms with van der Waals surface area (Å²) < 4.78 is 22.9. The van der Waals surface area contributed by atoms with Crippen LogP contribution >= 0.6 is 0 Å². The van der Waals surface area contributed by atoms with E-state index in [1.807, 2.05) is 0 Å². The van der Waals surface area contributed by atoms with Gasteiger partial charge in [-0.3, -0.25) is 10.2 Å². The minimum atomic E-state index is -0.792. The number of carbonyl (C=O) groups is 2. The smallest absolute Gasteiger partial charge is 0.426 e. The van der Waals surface area contributed by atoms with Gasteiger partial charge in [0.15, 0.2) is 11.6 Å². The molecule has 20 heavy (non-hydrogen) atoms. The number of benzene rings is 1. The summed E-state index contributed by atoms with van der Waals surface area (Å²) in [6.07, 6.45) is -0.792. The maximum absolute atomic E-state index is 13.2. The number of rotatable bonds is 2. The van der Waals surface area contributed by atoms with Crippen LogP contribution in [0, 0.1) is 5.82 Å². The lowest BCUT2D eigenvalue weighted by Gasteiger charge is -2.19. The zero-order valence-corrected chi connectivity index (χ0v) is 11.7. The number of methoxy groups -OCH3 is 1. The highest BCUT2D eigenvalue weighted by molar-refractivity contribution is 5.95. The third kappa shape index (κ3) is 4.75. The van der Waals surface area contributed by atoms with Gasteiger partial charge in [-0.1, -0.05) is 0 Å². The normalized spacial score (nSPS) is 10.7. The van der Waals surface area contributed by atoms with Crippen molar-refractivity contribution in [1.82, 2.24) is 10.9 Å². The van der Waals surface area contributed by atoms with Crippen molar-refractivity contribution in [1.29, 1.82) is 0 Å². The third-order valence-corrected chi connectivity index (χ3v) is 2.09. The van der Waals surface area contributed by atoms with E-state index in [0.29, 0.717) is 0 Å². The van der Waals surface area contributed by atoms with Crippen LogP contribution in [0.15, 0.2) is 18.2 Å². The highest BCUT2D eigenvalue weighted by atomic mass is 19.1. The standard InChI is InChI=1S/C13H17FN2O4/c1-13(2,3)20-12(18)16-15-11(17)8-5-6-9(14)10(7-8)19-4/h5-7H,1-4H3,(H,15,17)(H,16,18). The molecule has 0 aliphatic rings. The first-order chi connectivity index (χ1) is 9.23. The van der Waals surface area contributed by atoms with Crippen LogP contribution in [0.25, 0.3) is 0 Å². The second-order valence-corrected chi connectivity index (χ2v) is 4.93. The van der Waals surface area contributed by atoms with E-state index in [1.165, 1.54) is 19.2 Å². The molecule has 0 spiro atoms.